The number of nitrogens with zero attached hydrogens (tertiary/aromatic N) is 3. The molecule has 4 amide bonds. The lowest BCUT2D eigenvalue weighted by atomic mass is 10.2. The number of nitrogens with one attached hydrogen (secondary N) is 1. The molecule has 0 aromatic heterocycles. The molecule has 2 saturated heterocycles. The third-order valence-electron chi connectivity index (χ3n) is 4.57. The number of hydrogen-bond donors (Lipinski definition) is 1. The van der Waals surface area contributed by atoms with E-state index in [1.807, 2.05) is 35.2 Å². The normalized spacial score (nSPS) is 20.3. The second-order valence-electron chi connectivity index (χ2n) is 6.16. The standard InChI is InChI=1S/C17H24N4O3/c1-24-10-9-20-13-15-12-19(7-8-21(15)17(20)23)16(22)18-11-14-5-3-2-4-6-14/h2-6,15H,7-13H2,1H3,(H,18,22). The van der Waals surface area contributed by atoms with Gasteiger partial charge in [-0.15, -0.1) is 0 Å². The van der Waals surface area contributed by atoms with E-state index in [0.717, 1.165) is 5.56 Å². The van der Waals surface area contributed by atoms with Crippen molar-refractivity contribution in [2.45, 2.75) is 12.6 Å². The minimum absolute atomic E-state index is 0.0568. The average molecular weight is 332 g/mol. The Morgan fingerprint density at radius 3 is 2.79 bits per heavy atom. The largest absolute Gasteiger partial charge is 0.383 e. The lowest BCUT2D eigenvalue weighted by molar-refractivity contribution is 0.128. The number of carbonyl (C=O) groups is 2. The van der Waals surface area contributed by atoms with Crippen molar-refractivity contribution in [3.05, 3.63) is 35.9 Å². The van der Waals surface area contributed by atoms with E-state index in [2.05, 4.69) is 5.32 Å². The summed E-state index contributed by atoms with van der Waals surface area (Å²) in [4.78, 5) is 30.2. The second-order valence-corrected chi connectivity index (χ2v) is 6.16. The van der Waals surface area contributed by atoms with E-state index < -0.39 is 0 Å². The fraction of sp³-hybridized carbons (Fsp3) is 0.529. The van der Waals surface area contributed by atoms with E-state index >= 15 is 0 Å². The fourth-order valence-electron chi connectivity index (χ4n) is 3.24. The summed E-state index contributed by atoms with van der Waals surface area (Å²) in [7, 11) is 1.63. The van der Waals surface area contributed by atoms with Crippen molar-refractivity contribution in [3.8, 4) is 0 Å². The van der Waals surface area contributed by atoms with Gasteiger partial charge in [-0.2, -0.15) is 0 Å². The van der Waals surface area contributed by atoms with Crippen LogP contribution >= 0.6 is 0 Å². The molecule has 7 heteroatoms. The first-order valence-electron chi connectivity index (χ1n) is 8.30. The van der Waals surface area contributed by atoms with Gasteiger partial charge in [0.05, 0.1) is 12.6 Å². The van der Waals surface area contributed by atoms with Crippen LogP contribution in [0.25, 0.3) is 0 Å². The zero-order valence-corrected chi connectivity index (χ0v) is 14.0. The topological polar surface area (TPSA) is 65.1 Å². The van der Waals surface area contributed by atoms with E-state index in [1.165, 1.54) is 0 Å². The van der Waals surface area contributed by atoms with Gasteiger partial charge in [0.15, 0.2) is 0 Å². The van der Waals surface area contributed by atoms with Gasteiger partial charge in [0, 0.05) is 46.4 Å². The highest BCUT2D eigenvalue weighted by atomic mass is 16.5. The molecule has 1 aromatic carbocycles. The summed E-state index contributed by atoms with van der Waals surface area (Å²) in [5, 5.41) is 2.96. The molecule has 0 bridgehead atoms. The number of carbonyl (C=O) groups excluding carboxylic acids is 2. The zero-order chi connectivity index (χ0) is 16.9. The highest BCUT2D eigenvalue weighted by Crippen LogP contribution is 2.20. The Hall–Kier alpha value is -2.28. The van der Waals surface area contributed by atoms with Crippen LogP contribution in [0.1, 0.15) is 5.56 Å². The zero-order valence-electron chi connectivity index (χ0n) is 14.0. The maximum Gasteiger partial charge on any atom is 0.320 e. The first-order chi connectivity index (χ1) is 11.7. The number of urea groups is 2. The molecule has 1 atom stereocenters. The second kappa shape index (κ2) is 7.53. The Bertz CT molecular complexity index is 580. The van der Waals surface area contributed by atoms with Gasteiger partial charge in [-0.25, -0.2) is 9.59 Å². The van der Waals surface area contributed by atoms with Crippen LogP contribution in [-0.2, 0) is 11.3 Å². The summed E-state index contributed by atoms with van der Waals surface area (Å²) in [5.41, 5.74) is 1.08. The molecule has 1 unspecified atom stereocenters. The molecule has 3 rings (SSSR count). The van der Waals surface area contributed by atoms with E-state index in [0.29, 0.717) is 45.9 Å². The average Bonchev–Trinajstić information content (AvgIpc) is 2.94. The number of benzene rings is 1. The summed E-state index contributed by atoms with van der Waals surface area (Å²) >= 11 is 0. The van der Waals surface area contributed by atoms with Gasteiger partial charge in [-0.05, 0) is 5.56 Å². The Labute approximate surface area is 142 Å². The Balaban J connectivity index is 1.51. The number of piperazine rings is 1. The maximum atomic E-state index is 12.4. The van der Waals surface area contributed by atoms with Crippen LogP contribution in [0.4, 0.5) is 9.59 Å². The van der Waals surface area contributed by atoms with Crippen LogP contribution in [0.5, 0.6) is 0 Å². The predicted octanol–water partition coefficient (Wildman–Crippen LogP) is 0.964. The summed E-state index contributed by atoms with van der Waals surface area (Å²) < 4.78 is 5.05. The summed E-state index contributed by atoms with van der Waals surface area (Å²) in [5.74, 6) is 0. The molecule has 1 N–H and O–H groups in total. The van der Waals surface area contributed by atoms with Crippen LogP contribution in [0.15, 0.2) is 30.3 Å². The molecule has 1 aromatic rings. The van der Waals surface area contributed by atoms with Crippen molar-refractivity contribution in [1.29, 1.82) is 0 Å². The number of amides is 4. The van der Waals surface area contributed by atoms with Crippen molar-refractivity contribution in [2.24, 2.45) is 0 Å². The molecule has 2 aliphatic heterocycles. The number of ether oxygens (including phenoxy) is 1. The van der Waals surface area contributed by atoms with Crippen LogP contribution in [-0.4, -0.2) is 79.2 Å². The molecule has 0 spiro atoms. The van der Waals surface area contributed by atoms with E-state index in [-0.39, 0.29) is 18.1 Å². The lowest BCUT2D eigenvalue weighted by Crippen LogP contribution is -2.55. The lowest BCUT2D eigenvalue weighted by Gasteiger charge is -2.36. The van der Waals surface area contributed by atoms with Crippen molar-refractivity contribution in [3.63, 3.8) is 0 Å². The Kier molecular flexibility index (Phi) is 5.20. The van der Waals surface area contributed by atoms with Crippen LogP contribution < -0.4 is 5.32 Å². The van der Waals surface area contributed by atoms with Crippen LogP contribution in [0.2, 0.25) is 0 Å². The molecular formula is C17H24N4O3. The van der Waals surface area contributed by atoms with Crippen molar-refractivity contribution in [1.82, 2.24) is 20.0 Å². The molecule has 0 aliphatic carbocycles. The van der Waals surface area contributed by atoms with Gasteiger partial charge in [0.1, 0.15) is 0 Å². The quantitative estimate of drug-likeness (QED) is 0.874. The predicted molar refractivity (Wildman–Crippen MR) is 89.6 cm³/mol. The third-order valence-corrected chi connectivity index (χ3v) is 4.57. The smallest absolute Gasteiger partial charge is 0.320 e. The molecule has 0 saturated carbocycles. The number of fused-ring (bicyclic) bond motifs is 1. The summed E-state index contributed by atoms with van der Waals surface area (Å²) in [6, 6.07) is 9.91. The van der Waals surface area contributed by atoms with Crippen LogP contribution in [0, 0.1) is 0 Å². The van der Waals surface area contributed by atoms with Crippen molar-refractivity contribution in [2.75, 3.05) is 46.4 Å². The minimum Gasteiger partial charge on any atom is -0.383 e. The van der Waals surface area contributed by atoms with Crippen LogP contribution in [0.3, 0.4) is 0 Å². The Morgan fingerprint density at radius 2 is 2.04 bits per heavy atom. The monoisotopic (exact) mass is 332 g/mol. The number of methoxy groups -OCH3 is 1. The fourth-order valence-corrected chi connectivity index (χ4v) is 3.24. The highest BCUT2D eigenvalue weighted by molar-refractivity contribution is 5.79. The molecule has 2 fully saturated rings. The maximum absolute atomic E-state index is 12.4. The van der Waals surface area contributed by atoms with Gasteiger partial charge >= 0.3 is 12.1 Å². The van der Waals surface area contributed by atoms with E-state index in [4.69, 9.17) is 4.74 Å². The van der Waals surface area contributed by atoms with Crippen molar-refractivity contribution < 1.29 is 14.3 Å². The SMILES string of the molecule is COCCN1CC2CN(C(=O)NCc3ccccc3)CCN2C1=O. The first kappa shape index (κ1) is 16.6. The molecular weight excluding hydrogens is 308 g/mol. The van der Waals surface area contributed by atoms with Gasteiger partial charge in [-0.1, -0.05) is 30.3 Å². The van der Waals surface area contributed by atoms with Crippen molar-refractivity contribution >= 4 is 12.1 Å². The number of hydrogen-bond acceptors (Lipinski definition) is 3. The van der Waals surface area contributed by atoms with Gasteiger partial charge in [0.2, 0.25) is 0 Å². The molecule has 0 radical (unpaired) electrons. The van der Waals surface area contributed by atoms with Gasteiger partial charge in [-0.3, -0.25) is 0 Å². The number of rotatable bonds is 5. The van der Waals surface area contributed by atoms with Gasteiger partial charge in [0.25, 0.3) is 0 Å². The molecule has 2 aliphatic rings. The summed E-state index contributed by atoms with van der Waals surface area (Å²) in [6.07, 6.45) is 0. The Morgan fingerprint density at radius 1 is 1.25 bits per heavy atom. The first-order valence-corrected chi connectivity index (χ1v) is 8.30. The molecule has 2 heterocycles. The summed E-state index contributed by atoms with van der Waals surface area (Å²) in [6.45, 7) is 4.05. The van der Waals surface area contributed by atoms with E-state index in [9.17, 15) is 9.59 Å². The highest BCUT2D eigenvalue weighted by Gasteiger charge is 2.41. The molecule has 130 valence electrons. The van der Waals surface area contributed by atoms with Gasteiger partial charge < -0.3 is 24.8 Å². The molecule has 7 nitrogen and oxygen atoms in total. The van der Waals surface area contributed by atoms with E-state index in [1.54, 1.807) is 16.9 Å². The third kappa shape index (κ3) is 3.62. The molecule has 24 heavy (non-hydrogen) atoms. The minimum atomic E-state index is -0.0682.